The maximum absolute atomic E-state index is 12.9. The number of aryl methyl sites for hydroxylation is 2. The molecular weight excluding hydrogens is 644 g/mol. The first-order valence-corrected chi connectivity index (χ1v) is 14.9. The van der Waals surface area contributed by atoms with Crippen LogP contribution in [-0.4, -0.2) is 39.5 Å². The maximum atomic E-state index is 12.9. The highest BCUT2D eigenvalue weighted by molar-refractivity contribution is 5.87. The van der Waals surface area contributed by atoms with Crippen LogP contribution >= 0.6 is 0 Å². The summed E-state index contributed by atoms with van der Waals surface area (Å²) in [5.41, 5.74) is 3.70. The molecule has 0 aliphatic rings. The van der Waals surface area contributed by atoms with E-state index in [0.717, 1.165) is 0 Å². The Morgan fingerprint density at radius 1 is 0.600 bits per heavy atom. The van der Waals surface area contributed by atoms with Crippen molar-refractivity contribution in [1.82, 2.24) is 0 Å². The number of carbonyl (C=O) groups is 1. The summed E-state index contributed by atoms with van der Waals surface area (Å²) in [5.74, 6) is 2.24. The van der Waals surface area contributed by atoms with Gasteiger partial charge < -0.3 is 37.6 Å². The largest absolute Gasteiger partial charge is 0.508 e. The smallest absolute Gasteiger partial charge is 0.308 e. The molecule has 260 valence electrons. The highest BCUT2D eigenvalue weighted by Crippen LogP contribution is 2.34. The van der Waals surface area contributed by atoms with Gasteiger partial charge in [0.1, 0.15) is 35.2 Å². The van der Waals surface area contributed by atoms with E-state index in [-0.39, 0.29) is 24.0 Å². The van der Waals surface area contributed by atoms with Crippen molar-refractivity contribution in [2.75, 3.05) is 28.4 Å². The molecule has 0 fully saturated rings. The molecule has 0 saturated carbocycles. The van der Waals surface area contributed by atoms with E-state index in [4.69, 9.17) is 32.5 Å². The quantitative estimate of drug-likeness (QED) is 0.130. The molecule has 0 spiro atoms. The first-order chi connectivity index (χ1) is 23.5. The van der Waals surface area contributed by atoms with Gasteiger partial charge in [0.05, 0.1) is 50.3 Å². The minimum atomic E-state index is -0.434. The standard InChI is InChI=1S/C20H18O6.C18H16O5.CH4/c1-11-16(26-12(2)21)8-6-14-19(22)15(10-25-20(11)14)13-5-7-17(23-3)18(9-13)24-4;1-10-14(19)6-5-12-17(20)13(9-23-18(10)12)11-4-7-15(21-2)16(8-11)22-3;/h5-10H,1-4H3;4-9,19H,1-3H3;1H4. The van der Waals surface area contributed by atoms with Gasteiger partial charge in [-0.15, -0.1) is 0 Å². The molecular formula is C39H38O11. The molecule has 2 aromatic heterocycles. The fraction of sp³-hybridized carbons (Fsp3) is 0.205. The number of ether oxygens (including phenoxy) is 5. The second-order valence-corrected chi connectivity index (χ2v) is 10.8. The number of benzene rings is 4. The minimum absolute atomic E-state index is 0. The number of methoxy groups -OCH3 is 4. The summed E-state index contributed by atoms with van der Waals surface area (Å²) >= 11 is 0. The first-order valence-electron chi connectivity index (χ1n) is 14.9. The van der Waals surface area contributed by atoms with Crippen LogP contribution in [0, 0.1) is 13.8 Å². The zero-order valence-corrected chi connectivity index (χ0v) is 28.0. The second kappa shape index (κ2) is 15.3. The third-order valence-corrected chi connectivity index (χ3v) is 7.94. The van der Waals surface area contributed by atoms with Gasteiger partial charge >= 0.3 is 5.97 Å². The number of phenolic OH excluding ortho intramolecular Hbond substituents is 1. The SMILES string of the molecule is C.COc1ccc(-c2coc3c(C)c(O)ccc3c2=O)cc1OC.COc1ccc(-c2coc3c(C)c(OC(C)=O)ccc3c2=O)cc1OC. The van der Waals surface area contributed by atoms with Gasteiger partial charge in [-0.2, -0.15) is 0 Å². The summed E-state index contributed by atoms with van der Waals surface area (Å²) in [6, 6.07) is 16.7. The molecule has 4 aromatic carbocycles. The van der Waals surface area contributed by atoms with Crippen LogP contribution < -0.4 is 34.5 Å². The van der Waals surface area contributed by atoms with E-state index in [1.54, 1.807) is 82.7 Å². The molecule has 0 aliphatic carbocycles. The molecule has 1 N–H and O–H groups in total. The van der Waals surface area contributed by atoms with Crippen LogP contribution in [0.2, 0.25) is 0 Å². The molecule has 0 bridgehead atoms. The Kier molecular flexibility index (Phi) is 11.2. The van der Waals surface area contributed by atoms with Gasteiger partial charge in [0.15, 0.2) is 23.0 Å². The van der Waals surface area contributed by atoms with Crippen molar-refractivity contribution in [3.8, 4) is 56.8 Å². The van der Waals surface area contributed by atoms with E-state index in [9.17, 15) is 19.5 Å². The van der Waals surface area contributed by atoms with Crippen molar-refractivity contribution < 1.29 is 42.4 Å². The van der Waals surface area contributed by atoms with Crippen molar-refractivity contribution in [1.29, 1.82) is 0 Å². The van der Waals surface area contributed by atoms with Crippen molar-refractivity contribution in [2.24, 2.45) is 0 Å². The number of phenols is 1. The van der Waals surface area contributed by atoms with Crippen LogP contribution in [0.4, 0.5) is 0 Å². The summed E-state index contributed by atoms with van der Waals surface area (Å²) in [7, 11) is 6.17. The highest BCUT2D eigenvalue weighted by Gasteiger charge is 2.17. The molecule has 6 rings (SSSR count). The van der Waals surface area contributed by atoms with Crippen LogP contribution in [-0.2, 0) is 4.79 Å². The van der Waals surface area contributed by atoms with Gasteiger partial charge in [0.25, 0.3) is 0 Å². The zero-order chi connectivity index (χ0) is 35.4. The fourth-order valence-electron chi connectivity index (χ4n) is 5.32. The number of rotatable bonds is 7. The van der Waals surface area contributed by atoms with E-state index >= 15 is 0 Å². The van der Waals surface area contributed by atoms with Crippen LogP contribution in [0.5, 0.6) is 34.5 Å². The Hall–Kier alpha value is -6.23. The van der Waals surface area contributed by atoms with E-state index in [2.05, 4.69) is 0 Å². The van der Waals surface area contributed by atoms with Crippen molar-refractivity contribution in [3.63, 3.8) is 0 Å². The molecule has 50 heavy (non-hydrogen) atoms. The Morgan fingerprint density at radius 3 is 1.46 bits per heavy atom. The molecule has 11 heteroatoms. The number of aromatic hydroxyl groups is 1. The van der Waals surface area contributed by atoms with Crippen LogP contribution in [0.15, 0.2) is 91.6 Å². The second-order valence-electron chi connectivity index (χ2n) is 10.8. The summed E-state index contributed by atoms with van der Waals surface area (Å²) in [6.45, 7) is 4.76. The Bertz CT molecular complexity index is 2320. The summed E-state index contributed by atoms with van der Waals surface area (Å²) in [4.78, 5) is 36.8. The van der Waals surface area contributed by atoms with Crippen LogP contribution in [0.25, 0.3) is 44.2 Å². The van der Waals surface area contributed by atoms with Gasteiger partial charge in [0.2, 0.25) is 10.9 Å². The molecule has 0 atom stereocenters. The lowest BCUT2D eigenvalue weighted by atomic mass is 10.0. The zero-order valence-electron chi connectivity index (χ0n) is 28.0. The average molecular weight is 683 g/mol. The predicted molar refractivity (Wildman–Crippen MR) is 191 cm³/mol. The molecule has 0 radical (unpaired) electrons. The monoisotopic (exact) mass is 682 g/mol. The van der Waals surface area contributed by atoms with Crippen molar-refractivity contribution in [3.05, 3.63) is 105 Å². The van der Waals surface area contributed by atoms with Gasteiger partial charge in [-0.25, -0.2) is 0 Å². The summed E-state index contributed by atoms with van der Waals surface area (Å²) in [5, 5.41) is 10.6. The Labute approximate surface area is 288 Å². The van der Waals surface area contributed by atoms with E-state index < -0.39 is 5.97 Å². The lowest BCUT2D eigenvalue weighted by Crippen LogP contribution is -2.07. The highest BCUT2D eigenvalue weighted by atomic mass is 16.5. The molecule has 0 amide bonds. The summed E-state index contributed by atoms with van der Waals surface area (Å²) in [6.07, 6.45) is 2.80. The molecule has 0 aliphatic heterocycles. The van der Waals surface area contributed by atoms with Gasteiger partial charge in [0, 0.05) is 18.1 Å². The van der Waals surface area contributed by atoms with E-state index in [0.29, 0.717) is 84.1 Å². The van der Waals surface area contributed by atoms with E-state index in [1.807, 2.05) is 0 Å². The molecule has 0 unspecified atom stereocenters. The molecule has 6 aromatic rings. The first kappa shape index (κ1) is 36.6. The maximum Gasteiger partial charge on any atom is 0.308 e. The fourth-order valence-corrected chi connectivity index (χ4v) is 5.32. The number of carbonyl (C=O) groups excluding carboxylic acids is 1. The van der Waals surface area contributed by atoms with Gasteiger partial charge in [-0.05, 0) is 73.5 Å². The summed E-state index contributed by atoms with van der Waals surface area (Å²) < 4.78 is 37.4. The van der Waals surface area contributed by atoms with E-state index in [1.165, 1.54) is 39.7 Å². The Morgan fingerprint density at radius 2 is 1.02 bits per heavy atom. The number of esters is 1. The number of hydrogen-bond acceptors (Lipinski definition) is 11. The van der Waals surface area contributed by atoms with Crippen molar-refractivity contribution >= 4 is 27.9 Å². The van der Waals surface area contributed by atoms with Crippen LogP contribution in [0.1, 0.15) is 25.5 Å². The normalized spacial score (nSPS) is 10.5. The lowest BCUT2D eigenvalue weighted by Gasteiger charge is -2.11. The number of fused-ring (bicyclic) bond motifs is 2. The Balaban J connectivity index is 0.000000222. The molecule has 0 saturated heterocycles. The molecule has 2 heterocycles. The third-order valence-electron chi connectivity index (χ3n) is 7.94. The topological polar surface area (TPSA) is 144 Å². The van der Waals surface area contributed by atoms with Crippen molar-refractivity contribution in [2.45, 2.75) is 28.2 Å². The van der Waals surface area contributed by atoms with Crippen LogP contribution in [0.3, 0.4) is 0 Å². The average Bonchev–Trinajstić information content (AvgIpc) is 3.11. The van der Waals surface area contributed by atoms with Gasteiger partial charge in [-0.3, -0.25) is 14.4 Å². The minimum Gasteiger partial charge on any atom is -0.508 e. The molecule has 11 nitrogen and oxygen atoms in total. The lowest BCUT2D eigenvalue weighted by molar-refractivity contribution is -0.131. The number of hydrogen-bond donors (Lipinski definition) is 1. The third kappa shape index (κ3) is 6.98. The predicted octanol–water partition coefficient (Wildman–Crippen LogP) is 7.84. The van der Waals surface area contributed by atoms with Gasteiger partial charge in [-0.1, -0.05) is 19.6 Å².